The molecule has 1 aliphatic rings. The average molecular weight is 344 g/mol. The largest absolute Gasteiger partial charge is 0.383 e. The van der Waals surface area contributed by atoms with Crippen molar-refractivity contribution in [2.45, 2.75) is 45.3 Å². The van der Waals surface area contributed by atoms with Crippen molar-refractivity contribution in [1.29, 1.82) is 0 Å². The van der Waals surface area contributed by atoms with Gasteiger partial charge < -0.3 is 15.7 Å². The fourth-order valence-corrected chi connectivity index (χ4v) is 3.20. The Hall–Kier alpha value is -2.41. The second kappa shape index (κ2) is 7.23. The van der Waals surface area contributed by atoms with Crippen molar-refractivity contribution in [2.24, 2.45) is 11.8 Å². The van der Waals surface area contributed by atoms with E-state index in [1.165, 1.54) is 0 Å². The molecule has 1 aromatic carbocycles. The van der Waals surface area contributed by atoms with Crippen LogP contribution in [0.2, 0.25) is 0 Å². The number of nitrogens with zero attached hydrogens (tertiary/aromatic N) is 1. The summed E-state index contributed by atoms with van der Waals surface area (Å²) < 4.78 is 0. The first-order valence-corrected chi connectivity index (χ1v) is 8.66. The number of rotatable bonds is 5. The van der Waals surface area contributed by atoms with Crippen LogP contribution in [0.15, 0.2) is 24.4 Å². The molecular weight excluding hydrogens is 320 g/mol. The highest BCUT2D eigenvalue weighted by Gasteiger charge is 2.32. The van der Waals surface area contributed by atoms with Crippen LogP contribution in [-0.2, 0) is 9.59 Å². The molecule has 0 saturated heterocycles. The smallest absolute Gasteiger partial charge is 0.249 e. The highest BCUT2D eigenvalue weighted by Crippen LogP contribution is 2.27. The minimum Gasteiger partial charge on any atom is -0.383 e. The van der Waals surface area contributed by atoms with Crippen LogP contribution in [0.25, 0.3) is 10.9 Å². The van der Waals surface area contributed by atoms with E-state index < -0.39 is 6.10 Å². The van der Waals surface area contributed by atoms with Crippen molar-refractivity contribution < 1.29 is 14.7 Å². The number of aromatic amines is 1. The van der Waals surface area contributed by atoms with Crippen LogP contribution < -0.4 is 10.6 Å². The topological polar surface area (TPSA) is 107 Å². The Kier molecular flexibility index (Phi) is 5.03. The van der Waals surface area contributed by atoms with E-state index in [9.17, 15) is 14.7 Å². The SMILES string of the molecule is CC(C)[C@H](O)C(=O)N[C@H]1CC[C@H](C(=O)Nc2ccc3[nH]ncc3c2)C1. The van der Waals surface area contributed by atoms with Gasteiger partial charge in [0.15, 0.2) is 0 Å². The summed E-state index contributed by atoms with van der Waals surface area (Å²) in [6.45, 7) is 3.60. The number of benzene rings is 1. The molecule has 2 amide bonds. The Bertz CT molecular complexity index is 771. The van der Waals surface area contributed by atoms with E-state index in [2.05, 4.69) is 20.8 Å². The van der Waals surface area contributed by atoms with E-state index in [-0.39, 0.29) is 29.7 Å². The fraction of sp³-hybridized carbons (Fsp3) is 0.500. The van der Waals surface area contributed by atoms with Crippen LogP contribution in [0.3, 0.4) is 0 Å². The van der Waals surface area contributed by atoms with Crippen LogP contribution in [0, 0.1) is 11.8 Å². The Balaban J connectivity index is 1.54. The second-order valence-electron chi connectivity index (χ2n) is 7.07. The lowest BCUT2D eigenvalue weighted by atomic mass is 10.1. The highest BCUT2D eigenvalue weighted by molar-refractivity contribution is 5.95. The maximum absolute atomic E-state index is 12.5. The predicted molar refractivity (Wildman–Crippen MR) is 94.8 cm³/mol. The maximum Gasteiger partial charge on any atom is 0.249 e. The number of carbonyl (C=O) groups is 2. The Morgan fingerprint density at radius 2 is 2.12 bits per heavy atom. The molecule has 4 N–H and O–H groups in total. The van der Waals surface area contributed by atoms with Gasteiger partial charge in [-0.15, -0.1) is 0 Å². The summed E-state index contributed by atoms with van der Waals surface area (Å²) in [7, 11) is 0. The standard InChI is InChI=1S/C18H24N4O3/c1-10(2)16(23)18(25)21-13-4-3-11(7-13)17(24)20-14-5-6-15-12(8-14)9-19-22-15/h5-6,8-11,13,16,23H,3-4,7H2,1-2H3,(H,19,22)(H,20,24)(H,21,25)/t11-,13-,16-/m0/s1. The molecule has 0 unspecified atom stereocenters. The summed E-state index contributed by atoms with van der Waals surface area (Å²) in [5, 5.41) is 23.4. The predicted octanol–water partition coefficient (Wildman–Crippen LogP) is 1.80. The van der Waals surface area contributed by atoms with Gasteiger partial charge in [0, 0.05) is 23.0 Å². The molecule has 1 heterocycles. The Labute approximate surface area is 146 Å². The molecule has 7 heteroatoms. The lowest BCUT2D eigenvalue weighted by Gasteiger charge is -2.18. The zero-order valence-corrected chi connectivity index (χ0v) is 14.5. The Morgan fingerprint density at radius 1 is 1.32 bits per heavy atom. The zero-order chi connectivity index (χ0) is 18.0. The number of aromatic nitrogens is 2. The van der Waals surface area contributed by atoms with Gasteiger partial charge in [-0.25, -0.2) is 0 Å². The molecule has 7 nitrogen and oxygen atoms in total. The highest BCUT2D eigenvalue weighted by atomic mass is 16.3. The molecule has 0 radical (unpaired) electrons. The van der Waals surface area contributed by atoms with E-state index in [1.807, 2.05) is 18.2 Å². The monoisotopic (exact) mass is 344 g/mol. The molecule has 1 fully saturated rings. The first-order chi connectivity index (χ1) is 11.9. The van der Waals surface area contributed by atoms with Gasteiger partial charge in [-0.2, -0.15) is 5.10 Å². The van der Waals surface area contributed by atoms with Gasteiger partial charge in [0.2, 0.25) is 11.8 Å². The van der Waals surface area contributed by atoms with Gasteiger partial charge >= 0.3 is 0 Å². The molecule has 2 aromatic rings. The van der Waals surface area contributed by atoms with E-state index in [4.69, 9.17) is 0 Å². The van der Waals surface area contributed by atoms with Gasteiger partial charge in [0.1, 0.15) is 6.10 Å². The van der Waals surface area contributed by atoms with Crippen molar-refractivity contribution in [1.82, 2.24) is 15.5 Å². The van der Waals surface area contributed by atoms with Crippen LogP contribution in [0.1, 0.15) is 33.1 Å². The van der Waals surface area contributed by atoms with Crippen LogP contribution in [-0.4, -0.2) is 39.3 Å². The van der Waals surface area contributed by atoms with Gasteiger partial charge in [0.25, 0.3) is 0 Å². The molecule has 3 rings (SSSR count). The van der Waals surface area contributed by atoms with E-state index >= 15 is 0 Å². The first kappa shape index (κ1) is 17.4. The molecule has 3 atom stereocenters. The third-order valence-corrected chi connectivity index (χ3v) is 4.76. The van der Waals surface area contributed by atoms with Crippen molar-refractivity contribution in [3.63, 3.8) is 0 Å². The number of nitrogens with one attached hydrogen (secondary N) is 3. The van der Waals surface area contributed by atoms with Gasteiger partial charge in [-0.05, 0) is 43.4 Å². The molecule has 0 aliphatic heterocycles. The van der Waals surface area contributed by atoms with Crippen molar-refractivity contribution >= 4 is 28.4 Å². The van der Waals surface area contributed by atoms with E-state index in [1.54, 1.807) is 20.0 Å². The van der Waals surface area contributed by atoms with Crippen molar-refractivity contribution in [2.75, 3.05) is 5.32 Å². The van der Waals surface area contributed by atoms with Crippen LogP contribution in [0.4, 0.5) is 5.69 Å². The third kappa shape index (κ3) is 3.99. The van der Waals surface area contributed by atoms with Crippen molar-refractivity contribution in [3.8, 4) is 0 Å². The quantitative estimate of drug-likeness (QED) is 0.663. The zero-order valence-electron chi connectivity index (χ0n) is 14.5. The molecule has 1 saturated carbocycles. The lowest BCUT2D eigenvalue weighted by molar-refractivity contribution is -0.132. The molecule has 1 aromatic heterocycles. The number of H-pyrrole nitrogens is 1. The molecular formula is C18H24N4O3. The number of carbonyl (C=O) groups excluding carboxylic acids is 2. The second-order valence-corrected chi connectivity index (χ2v) is 7.07. The van der Waals surface area contributed by atoms with E-state index in [0.717, 1.165) is 29.4 Å². The molecule has 1 aliphatic carbocycles. The van der Waals surface area contributed by atoms with Crippen LogP contribution in [0.5, 0.6) is 0 Å². The number of hydrogen-bond donors (Lipinski definition) is 4. The van der Waals surface area contributed by atoms with Crippen LogP contribution >= 0.6 is 0 Å². The Morgan fingerprint density at radius 3 is 2.88 bits per heavy atom. The fourth-order valence-electron chi connectivity index (χ4n) is 3.20. The third-order valence-electron chi connectivity index (χ3n) is 4.76. The first-order valence-electron chi connectivity index (χ1n) is 8.66. The molecule has 134 valence electrons. The number of aliphatic hydroxyl groups excluding tert-OH is 1. The number of fused-ring (bicyclic) bond motifs is 1. The summed E-state index contributed by atoms with van der Waals surface area (Å²) >= 11 is 0. The molecule has 0 bridgehead atoms. The lowest BCUT2D eigenvalue weighted by Crippen LogP contribution is -2.42. The average Bonchev–Trinajstić information content (AvgIpc) is 3.22. The normalized spacial score (nSPS) is 21.4. The number of hydrogen-bond acceptors (Lipinski definition) is 4. The minimum atomic E-state index is -1.01. The number of anilines is 1. The summed E-state index contributed by atoms with van der Waals surface area (Å²) in [6, 6.07) is 5.53. The number of aliphatic hydroxyl groups is 1. The summed E-state index contributed by atoms with van der Waals surface area (Å²) in [6.07, 6.45) is 2.77. The van der Waals surface area contributed by atoms with E-state index in [0.29, 0.717) is 6.42 Å². The summed E-state index contributed by atoms with van der Waals surface area (Å²) in [5.74, 6) is -0.657. The molecule has 0 spiro atoms. The van der Waals surface area contributed by atoms with Crippen molar-refractivity contribution in [3.05, 3.63) is 24.4 Å². The maximum atomic E-state index is 12.5. The van der Waals surface area contributed by atoms with Gasteiger partial charge in [-0.1, -0.05) is 13.8 Å². The molecule has 25 heavy (non-hydrogen) atoms. The van der Waals surface area contributed by atoms with Gasteiger partial charge in [0.05, 0.1) is 11.7 Å². The summed E-state index contributed by atoms with van der Waals surface area (Å²) in [4.78, 5) is 24.4. The van der Waals surface area contributed by atoms with Gasteiger partial charge in [-0.3, -0.25) is 14.7 Å². The minimum absolute atomic E-state index is 0.0380. The summed E-state index contributed by atoms with van der Waals surface area (Å²) in [5.41, 5.74) is 1.66. The number of amides is 2.